The van der Waals surface area contributed by atoms with E-state index in [9.17, 15) is 4.79 Å². The summed E-state index contributed by atoms with van der Waals surface area (Å²) >= 11 is 1.76. The average molecular weight is 328 g/mol. The van der Waals surface area contributed by atoms with Gasteiger partial charge in [0, 0.05) is 42.2 Å². The van der Waals surface area contributed by atoms with Crippen molar-refractivity contribution in [1.82, 2.24) is 14.9 Å². The summed E-state index contributed by atoms with van der Waals surface area (Å²) in [5.41, 5.74) is 7.73. The van der Waals surface area contributed by atoms with Gasteiger partial charge in [0.2, 0.25) is 0 Å². The zero-order valence-electron chi connectivity index (χ0n) is 13.0. The number of carbonyl (C=O) groups excluding carboxylic acids is 1. The van der Waals surface area contributed by atoms with Gasteiger partial charge in [0.15, 0.2) is 0 Å². The molecule has 1 saturated carbocycles. The predicted molar refractivity (Wildman–Crippen MR) is 90.5 cm³/mol. The molecular formula is C17H20N4OS. The van der Waals surface area contributed by atoms with E-state index in [1.54, 1.807) is 23.6 Å². The number of carbonyl (C=O) groups is 1. The number of nitrogens with two attached hydrogens (primary N) is 1. The Labute approximate surface area is 139 Å². The molecule has 1 fully saturated rings. The van der Waals surface area contributed by atoms with E-state index in [1.165, 1.54) is 29.8 Å². The number of rotatable bonds is 3. The molecule has 2 aromatic rings. The van der Waals surface area contributed by atoms with Crippen LogP contribution in [0.4, 0.5) is 0 Å². The van der Waals surface area contributed by atoms with Crippen LogP contribution in [0.2, 0.25) is 0 Å². The quantitative estimate of drug-likeness (QED) is 0.938. The van der Waals surface area contributed by atoms with Crippen molar-refractivity contribution < 1.29 is 4.79 Å². The predicted octanol–water partition coefficient (Wildman–Crippen LogP) is 2.26. The molecule has 1 aliphatic carbocycles. The highest BCUT2D eigenvalue weighted by Crippen LogP contribution is 2.32. The van der Waals surface area contributed by atoms with Gasteiger partial charge in [-0.25, -0.2) is 4.98 Å². The van der Waals surface area contributed by atoms with Crippen molar-refractivity contribution in [2.24, 2.45) is 5.73 Å². The fraction of sp³-hybridized carbons (Fsp3) is 0.471. The van der Waals surface area contributed by atoms with E-state index in [-0.39, 0.29) is 0 Å². The van der Waals surface area contributed by atoms with E-state index in [0.29, 0.717) is 5.69 Å². The highest BCUT2D eigenvalue weighted by Gasteiger charge is 2.27. The van der Waals surface area contributed by atoms with Gasteiger partial charge in [-0.3, -0.25) is 14.7 Å². The topological polar surface area (TPSA) is 72.1 Å². The molecule has 2 N–H and O–H groups in total. The monoisotopic (exact) mass is 328 g/mol. The van der Waals surface area contributed by atoms with Crippen LogP contribution in [0, 0.1) is 0 Å². The van der Waals surface area contributed by atoms with Gasteiger partial charge in [0.1, 0.15) is 10.7 Å². The van der Waals surface area contributed by atoms with Crippen molar-refractivity contribution in [2.45, 2.75) is 38.1 Å². The van der Waals surface area contributed by atoms with Crippen LogP contribution in [0.3, 0.4) is 0 Å². The Bertz CT molecular complexity index is 695. The first-order valence-electron chi connectivity index (χ1n) is 8.19. The molecule has 4 rings (SSSR count). The summed E-state index contributed by atoms with van der Waals surface area (Å²) in [7, 11) is 0. The third kappa shape index (κ3) is 2.88. The minimum Gasteiger partial charge on any atom is -0.364 e. The van der Waals surface area contributed by atoms with Gasteiger partial charge in [-0.15, -0.1) is 11.3 Å². The molecule has 0 unspecified atom stereocenters. The Morgan fingerprint density at radius 2 is 2.09 bits per heavy atom. The van der Waals surface area contributed by atoms with Gasteiger partial charge in [0.05, 0.1) is 5.69 Å². The molecular weight excluding hydrogens is 308 g/mol. The first-order valence-corrected chi connectivity index (χ1v) is 9.01. The maximum atomic E-state index is 11.1. The fourth-order valence-corrected chi connectivity index (χ4v) is 4.37. The summed E-state index contributed by atoms with van der Waals surface area (Å²) in [6.45, 7) is 2.28. The van der Waals surface area contributed by atoms with Crippen LogP contribution >= 0.6 is 11.3 Å². The number of thiazole rings is 1. The highest BCUT2D eigenvalue weighted by molar-refractivity contribution is 7.15. The molecule has 0 bridgehead atoms. The van der Waals surface area contributed by atoms with Gasteiger partial charge in [-0.05, 0) is 31.4 Å². The summed E-state index contributed by atoms with van der Waals surface area (Å²) in [4.78, 5) is 24.1. The molecule has 3 heterocycles. The second-order valence-electron chi connectivity index (χ2n) is 6.31. The largest absolute Gasteiger partial charge is 0.364 e. The summed E-state index contributed by atoms with van der Waals surface area (Å²) in [6, 6.07) is 4.36. The van der Waals surface area contributed by atoms with Gasteiger partial charge in [0.25, 0.3) is 5.91 Å². The minimum atomic E-state index is -0.498. The average Bonchev–Trinajstić information content (AvgIpc) is 2.82. The minimum absolute atomic E-state index is 0.294. The molecule has 6 heteroatoms. The molecule has 2 aromatic heterocycles. The maximum Gasteiger partial charge on any atom is 0.267 e. The van der Waals surface area contributed by atoms with Crippen LogP contribution in [-0.4, -0.2) is 39.9 Å². The second kappa shape index (κ2) is 6.02. The molecule has 0 spiro atoms. The lowest BCUT2D eigenvalue weighted by atomic mass is 9.91. The van der Waals surface area contributed by atoms with Crippen LogP contribution in [-0.2, 0) is 12.8 Å². The first kappa shape index (κ1) is 14.8. The van der Waals surface area contributed by atoms with Crippen molar-refractivity contribution in [2.75, 3.05) is 13.1 Å². The molecule has 0 aromatic carbocycles. The van der Waals surface area contributed by atoms with Gasteiger partial charge in [-0.1, -0.05) is 6.42 Å². The highest BCUT2D eigenvalue weighted by atomic mass is 32.1. The number of amides is 1. The Kier molecular flexibility index (Phi) is 3.87. The zero-order chi connectivity index (χ0) is 15.8. The lowest BCUT2D eigenvalue weighted by molar-refractivity contribution is 0.0995. The Balaban J connectivity index is 1.52. The summed E-state index contributed by atoms with van der Waals surface area (Å²) in [5.74, 6) is -0.498. The molecule has 2 aliphatic rings. The van der Waals surface area contributed by atoms with Crippen molar-refractivity contribution in [3.63, 3.8) is 0 Å². The van der Waals surface area contributed by atoms with Crippen LogP contribution in [0.1, 0.15) is 40.3 Å². The third-order valence-corrected chi connectivity index (χ3v) is 6.10. The number of hydrogen-bond donors (Lipinski definition) is 1. The van der Waals surface area contributed by atoms with E-state index in [0.717, 1.165) is 42.5 Å². The Morgan fingerprint density at radius 3 is 2.74 bits per heavy atom. The molecule has 1 aliphatic heterocycles. The fourth-order valence-electron chi connectivity index (χ4n) is 3.29. The van der Waals surface area contributed by atoms with E-state index >= 15 is 0 Å². The smallest absolute Gasteiger partial charge is 0.267 e. The number of nitrogens with zero attached hydrogens (tertiary/aromatic N) is 3. The van der Waals surface area contributed by atoms with E-state index in [1.807, 2.05) is 6.07 Å². The number of primary amides is 1. The maximum absolute atomic E-state index is 11.1. The normalized spacial score (nSPS) is 19.0. The van der Waals surface area contributed by atoms with Crippen molar-refractivity contribution in [3.8, 4) is 10.6 Å². The van der Waals surface area contributed by atoms with E-state index < -0.39 is 5.91 Å². The van der Waals surface area contributed by atoms with E-state index in [2.05, 4.69) is 9.88 Å². The van der Waals surface area contributed by atoms with Gasteiger partial charge < -0.3 is 5.73 Å². The lowest BCUT2D eigenvalue weighted by Gasteiger charge is -2.36. The first-order chi connectivity index (χ1) is 11.2. The molecule has 0 saturated heterocycles. The molecule has 23 heavy (non-hydrogen) atoms. The molecule has 1 amide bonds. The standard InChI is InChI=1S/C17H20N4OS/c18-16(22)14-5-4-11(10-19-14)17-20-13-6-8-21(12-2-1-3-12)9-7-15(13)23-17/h4-5,10,12H,1-3,6-9H2,(H2,18,22). The van der Waals surface area contributed by atoms with Crippen LogP contribution in [0.15, 0.2) is 18.3 Å². The van der Waals surface area contributed by atoms with Crippen LogP contribution in [0.25, 0.3) is 10.6 Å². The molecule has 120 valence electrons. The summed E-state index contributed by atoms with van der Waals surface area (Å²) in [5, 5.41) is 0.996. The zero-order valence-corrected chi connectivity index (χ0v) is 13.8. The summed E-state index contributed by atoms with van der Waals surface area (Å²) in [6.07, 6.45) is 7.94. The SMILES string of the molecule is NC(=O)c1ccc(-c2nc3c(s2)CCN(C2CCC2)CC3)cn1. The van der Waals surface area contributed by atoms with Crippen molar-refractivity contribution in [1.29, 1.82) is 0 Å². The number of pyridine rings is 1. The van der Waals surface area contributed by atoms with Gasteiger partial charge >= 0.3 is 0 Å². The van der Waals surface area contributed by atoms with Crippen molar-refractivity contribution >= 4 is 17.2 Å². The lowest BCUT2D eigenvalue weighted by Crippen LogP contribution is -2.41. The summed E-state index contributed by atoms with van der Waals surface area (Å²) < 4.78 is 0. The number of fused-ring (bicyclic) bond motifs is 1. The molecule has 0 radical (unpaired) electrons. The second-order valence-corrected chi connectivity index (χ2v) is 7.39. The Morgan fingerprint density at radius 1 is 1.26 bits per heavy atom. The van der Waals surface area contributed by atoms with Crippen molar-refractivity contribution in [3.05, 3.63) is 34.6 Å². The Hall–Kier alpha value is -1.79. The van der Waals surface area contributed by atoms with Crippen LogP contribution < -0.4 is 5.73 Å². The number of aromatic nitrogens is 2. The number of hydrogen-bond acceptors (Lipinski definition) is 5. The third-order valence-electron chi connectivity index (χ3n) is 4.89. The molecule has 5 nitrogen and oxygen atoms in total. The van der Waals surface area contributed by atoms with E-state index in [4.69, 9.17) is 10.7 Å². The molecule has 0 atom stereocenters. The van der Waals surface area contributed by atoms with Crippen LogP contribution in [0.5, 0.6) is 0 Å². The van der Waals surface area contributed by atoms with Gasteiger partial charge in [-0.2, -0.15) is 0 Å².